The molecular weight excluding hydrogens is 326 g/mol. The van der Waals surface area contributed by atoms with Gasteiger partial charge in [0.2, 0.25) is 0 Å². The molecule has 0 spiro atoms. The predicted octanol–water partition coefficient (Wildman–Crippen LogP) is 3.66. The molecule has 5 nitrogen and oxygen atoms in total. The lowest BCUT2D eigenvalue weighted by molar-refractivity contribution is 0.0971. The van der Waals surface area contributed by atoms with E-state index in [0.29, 0.717) is 11.3 Å². The molecule has 0 unspecified atom stereocenters. The number of aromatic nitrogens is 3. The van der Waals surface area contributed by atoms with E-state index in [1.54, 1.807) is 12.4 Å². The number of nitrogens with zero attached hydrogens (tertiary/aromatic N) is 3. The topological polar surface area (TPSA) is 68.0 Å². The number of aliphatic hydroxyl groups is 1. The zero-order valence-electron chi connectivity index (χ0n) is 14.9. The second kappa shape index (κ2) is 8.54. The Hall–Kier alpha value is -2.79. The van der Waals surface area contributed by atoms with Crippen molar-refractivity contribution in [3.63, 3.8) is 0 Å². The summed E-state index contributed by atoms with van der Waals surface area (Å²) in [6.07, 6.45) is 6.35. The lowest BCUT2D eigenvalue weighted by atomic mass is 10.0. The normalized spacial score (nSPS) is 10.8. The summed E-state index contributed by atoms with van der Waals surface area (Å²) in [5, 5.41) is 9.38. The Bertz CT molecular complexity index is 872. The lowest BCUT2D eigenvalue weighted by Crippen LogP contribution is -2.13. The Labute approximate surface area is 153 Å². The number of carbonyl (C=O) groups excluding carboxylic acids is 1. The van der Waals surface area contributed by atoms with Crippen LogP contribution in [0.1, 0.15) is 41.6 Å². The van der Waals surface area contributed by atoms with Crippen molar-refractivity contribution in [2.24, 2.45) is 0 Å². The first kappa shape index (κ1) is 18.0. The van der Waals surface area contributed by atoms with E-state index in [1.807, 2.05) is 47.0 Å². The van der Waals surface area contributed by atoms with Gasteiger partial charge >= 0.3 is 0 Å². The van der Waals surface area contributed by atoms with Gasteiger partial charge in [-0.15, -0.1) is 0 Å². The van der Waals surface area contributed by atoms with Gasteiger partial charge in [-0.05, 0) is 18.6 Å². The van der Waals surface area contributed by atoms with Crippen molar-refractivity contribution < 1.29 is 9.90 Å². The van der Waals surface area contributed by atoms with E-state index in [4.69, 9.17) is 0 Å². The maximum atomic E-state index is 13.0. The van der Waals surface area contributed by atoms with Crippen molar-refractivity contribution in [1.29, 1.82) is 0 Å². The predicted molar refractivity (Wildman–Crippen MR) is 101 cm³/mol. The van der Waals surface area contributed by atoms with E-state index in [9.17, 15) is 9.90 Å². The van der Waals surface area contributed by atoms with Crippen LogP contribution in [-0.2, 0) is 19.6 Å². The first-order valence-corrected chi connectivity index (χ1v) is 8.92. The molecule has 0 aliphatic carbocycles. The molecule has 0 fully saturated rings. The zero-order valence-corrected chi connectivity index (χ0v) is 14.9. The van der Waals surface area contributed by atoms with Crippen molar-refractivity contribution in [1.82, 2.24) is 14.5 Å². The van der Waals surface area contributed by atoms with Gasteiger partial charge in [-0.25, -0.2) is 4.98 Å². The molecule has 0 amide bonds. The van der Waals surface area contributed by atoms with Gasteiger partial charge in [0, 0.05) is 29.9 Å². The standard InChI is InChI=1S/C21H23N3O2/c1-2-3-11-21-23-16(15-25)13-24(21)14-20(26)18-9-5-4-8-17(18)19-10-6-7-12-22-19/h4-10,12-13,25H,2-3,11,14-15H2,1H3. The van der Waals surface area contributed by atoms with Crippen molar-refractivity contribution in [2.45, 2.75) is 39.3 Å². The van der Waals surface area contributed by atoms with Gasteiger partial charge in [-0.3, -0.25) is 9.78 Å². The molecule has 0 aliphatic heterocycles. The summed E-state index contributed by atoms with van der Waals surface area (Å²) in [6.45, 7) is 2.20. The lowest BCUT2D eigenvalue weighted by Gasteiger charge is -2.10. The fraction of sp³-hybridized carbons (Fsp3) is 0.286. The highest BCUT2D eigenvalue weighted by atomic mass is 16.3. The average Bonchev–Trinajstić information content (AvgIpc) is 3.08. The molecule has 0 bridgehead atoms. The van der Waals surface area contributed by atoms with Crippen LogP contribution in [0.15, 0.2) is 54.9 Å². The number of hydrogen-bond donors (Lipinski definition) is 1. The van der Waals surface area contributed by atoms with Crippen LogP contribution in [0.4, 0.5) is 0 Å². The number of ketones is 1. The number of unbranched alkanes of at least 4 members (excludes halogenated alkanes) is 1. The van der Waals surface area contributed by atoms with Crippen LogP contribution in [0.25, 0.3) is 11.3 Å². The number of hydrogen-bond acceptors (Lipinski definition) is 4. The van der Waals surface area contributed by atoms with E-state index >= 15 is 0 Å². The summed E-state index contributed by atoms with van der Waals surface area (Å²) in [5.74, 6) is 0.852. The van der Waals surface area contributed by atoms with Crippen LogP contribution in [0.3, 0.4) is 0 Å². The molecule has 3 rings (SSSR count). The second-order valence-electron chi connectivity index (χ2n) is 6.22. The molecule has 2 heterocycles. The molecule has 0 saturated heterocycles. The Morgan fingerprint density at radius 1 is 1.15 bits per heavy atom. The van der Waals surface area contributed by atoms with Crippen LogP contribution in [0, 0.1) is 0 Å². The third-order valence-corrected chi connectivity index (χ3v) is 4.31. The number of pyridine rings is 1. The van der Waals surface area contributed by atoms with Gasteiger partial charge in [0.1, 0.15) is 5.82 Å². The third kappa shape index (κ3) is 4.06. The van der Waals surface area contributed by atoms with Gasteiger partial charge in [0.25, 0.3) is 0 Å². The fourth-order valence-corrected chi connectivity index (χ4v) is 2.97. The minimum Gasteiger partial charge on any atom is -0.390 e. The molecule has 2 aromatic heterocycles. The Morgan fingerprint density at radius 2 is 1.96 bits per heavy atom. The Balaban J connectivity index is 1.89. The van der Waals surface area contributed by atoms with E-state index in [-0.39, 0.29) is 18.9 Å². The van der Waals surface area contributed by atoms with Gasteiger partial charge in [-0.2, -0.15) is 0 Å². The van der Waals surface area contributed by atoms with Crippen LogP contribution in [-0.4, -0.2) is 25.4 Å². The molecule has 0 atom stereocenters. The number of Topliss-reactive ketones (excluding diaryl/α,β-unsaturated/α-hetero) is 1. The number of aryl methyl sites for hydroxylation is 1. The molecule has 3 aromatic rings. The van der Waals surface area contributed by atoms with Gasteiger partial charge in [0.05, 0.1) is 24.5 Å². The monoisotopic (exact) mass is 349 g/mol. The smallest absolute Gasteiger partial charge is 0.183 e. The van der Waals surface area contributed by atoms with E-state index in [2.05, 4.69) is 16.9 Å². The van der Waals surface area contributed by atoms with E-state index < -0.39 is 0 Å². The van der Waals surface area contributed by atoms with Gasteiger partial charge in [0.15, 0.2) is 5.78 Å². The molecule has 0 radical (unpaired) electrons. The summed E-state index contributed by atoms with van der Waals surface area (Å²) < 4.78 is 1.86. The molecule has 26 heavy (non-hydrogen) atoms. The molecule has 134 valence electrons. The SMILES string of the molecule is CCCCc1nc(CO)cn1CC(=O)c1ccccc1-c1ccccn1. The average molecular weight is 349 g/mol. The number of rotatable bonds is 8. The number of carbonyl (C=O) groups is 1. The van der Waals surface area contributed by atoms with Gasteiger partial charge in [-0.1, -0.05) is 43.7 Å². The largest absolute Gasteiger partial charge is 0.390 e. The van der Waals surface area contributed by atoms with Crippen LogP contribution < -0.4 is 0 Å². The Kier molecular flexibility index (Phi) is 5.92. The fourth-order valence-electron chi connectivity index (χ4n) is 2.97. The van der Waals surface area contributed by atoms with Crippen LogP contribution in [0.5, 0.6) is 0 Å². The minimum atomic E-state index is -0.120. The van der Waals surface area contributed by atoms with Crippen molar-refractivity contribution >= 4 is 5.78 Å². The minimum absolute atomic E-state index is 0.00545. The van der Waals surface area contributed by atoms with Crippen molar-refractivity contribution in [3.8, 4) is 11.3 Å². The second-order valence-corrected chi connectivity index (χ2v) is 6.22. The maximum Gasteiger partial charge on any atom is 0.183 e. The molecule has 1 aromatic carbocycles. The highest BCUT2D eigenvalue weighted by Crippen LogP contribution is 2.22. The number of imidazole rings is 1. The first-order chi connectivity index (χ1) is 12.7. The molecule has 0 saturated carbocycles. The summed E-state index contributed by atoms with van der Waals surface area (Å²) in [4.78, 5) is 21.8. The van der Waals surface area contributed by atoms with Crippen LogP contribution >= 0.6 is 0 Å². The summed E-state index contributed by atoms with van der Waals surface area (Å²) in [7, 11) is 0. The Morgan fingerprint density at radius 3 is 2.69 bits per heavy atom. The first-order valence-electron chi connectivity index (χ1n) is 8.92. The van der Waals surface area contributed by atoms with Gasteiger partial charge < -0.3 is 9.67 Å². The summed E-state index contributed by atoms with van der Waals surface area (Å²) >= 11 is 0. The molecular formula is C21H23N3O2. The van der Waals surface area contributed by atoms with E-state index in [0.717, 1.165) is 36.3 Å². The van der Waals surface area contributed by atoms with Crippen LogP contribution in [0.2, 0.25) is 0 Å². The van der Waals surface area contributed by atoms with Crippen molar-refractivity contribution in [3.05, 3.63) is 71.9 Å². The highest BCUT2D eigenvalue weighted by molar-refractivity contribution is 6.01. The third-order valence-electron chi connectivity index (χ3n) is 4.31. The number of aliphatic hydroxyl groups excluding tert-OH is 1. The molecule has 5 heteroatoms. The summed E-state index contributed by atoms with van der Waals surface area (Å²) in [6, 6.07) is 13.2. The van der Waals surface area contributed by atoms with E-state index in [1.165, 1.54) is 0 Å². The highest BCUT2D eigenvalue weighted by Gasteiger charge is 2.16. The van der Waals surface area contributed by atoms with Crippen molar-refractivity contribution in [2.75, 3.05) is 0 Å². The zero-order chi connectivity index (χ0) is 18.4. The maximum absolute atomic E-state index is 13.0. The molecule has 1 N–H and O–H groups in total. The number of benzene rings is 1. The summed E-state index contributed by atoms with van der Waals surface area (Å²) in [5.41, 5.74) is 2.86. The quantitative estimate of drug-likeness (QED) is 0.630. The molecule has 0 aliphatic rings.